The molecule has 2 atom stereocenters. The minimum atomic E-state index is -0.193. The highest BCUT2D eigenvalue weighted by molar-refractivity contribution is 5.85. The third-order valence-electron chi connectivity index (χ3n) is 3.58. The van der Waals surface area contributed by atoms with E-state index in [1.165, 1.54) is 10.8 Å². The predicted molar refractivity (Wildman–Crippen MR) is 71.2 cm³/mol. The van der Waals surface area contributed by atoms with Crippen LogP contribution in [0.2, 0.25) is 0 Å². The van der Waals surface area contributed by atoms with Crippen LogP contribution < -0.4 is 5.32 Å². The molecular formula is C15H17NO. The van der Waals surface area contributed by atoms with Gasteiger partial charge < -0.3 is 10.4 Å². The number of rotatable bonds is 2. The molecule has 17 heavy (non-hydrogen) atoms. The number of fused-ring (bicyclic) bond motifs is 1. The van der Waals surface area contributed by atoms with Crippen LogP contribution in [0.4, 0.5) is 5.69 Å². The third-order valence-corrected chi connectivity index (χ3v) is 3.58. The van der Waals surface area contributed by atoms with E-state index in [1.54, 1.807) is 0 Å². The molecule has 0 spiro atoms. The molecule has 0 radical (unpaired) electrons. The van der Waals surface area contributed by atoms with E-state index in [4.69, 9.17) is 0 Å². The van der Waals surface area contributed by atoms with Gasteiger partial charge in [0.2, 0.25) is 0 Å². The second-order valence-electron chi connectivity index (χ2n) is 4.81. The quantitative estimate of drug-likeness (QED) is 0.826. The smallest absolute Gasteiger partial charge is 0.0741 e. The number of anilines is 1. The fourth-order valence-corrected chi connectivity index (χ4v) is 2.60. The van der Waals surface area contributed by atoms with Crippen LogP contribution in [0, 0.1) is 0 Å². The number of hydrogen-bond donors (Lipinski definition) is 2. The van der Waals surface area contributed by atoms with Crippen molar-refractivity contribution in [1.29, 1.82) is 0 Å². The lowest BCUT2D eigenvalue weighted by Gasteiger charge is -2.18. The van der Waals surface area contributed by atoms with E-state index in [1.807, 2.05) is 0 Å². The maximum absolute atomic E-state index is 9.80. The molecule has 0 aliphatic heterocycles. The fraction of sp³-hybridized carbons (Fsp3) is 0.333. The molecule has 0 saturated heterocycles. The van der Waals surface area contributed by atoms with E-state index in [0.717, 1.165) is 24.9 Å². The van der Waals surface area contributed by atoms with Gasteiger partial charge in [-0.15, -0.1) is 0 Å². The van der Waals surface area contributed by atoms with E-state index in [9.17, 15) is 5.11 Å². The van der Waals surface area contributed by atoms with Gasteiger partial charge in [-0.3, -0.25) is 0 Å². The van der Waals surface area contributed by atoms with E-state index >= 15 is 0 Å². The monoisotopic (exact) mass is 227 g/mol. The minimum Gasteiger partial charge on any atom is -0.391 e. The van der Waals surface area contributed by atoms with Crippen molar-refractivity contribution >= 4 is 16.5 Å². The van der Waals surface area contributed by atoms with Crippen LogP contribution in [0.5, 0.6) is 0 Å². The average Bonchev–Trinajstić information content (AvgIpc) is 2.75. The largest absolute Gasteiger partial charge is 0.391 e. The van der Waals surface area contributed by atoms with Gasteiger partial charge in [-0.1, -0.05) is 30.3 Å². The van der Waals surface area contributed by atoms with Gasteiger partial charge in [-0.25, -0.2) is 0 Å². The number of aliphatic hydroxyl groups excluding tert-OH is 1. The van der Waals surface area contributed by atoms with Crippen molar-refractivity contribution in [2.75, 3.05) is 5.32 Å². The summed E-state index contributed by atoms with van der Waals surface area (Å²) in [5.74, 6) is 0. The number of nitrogens with one attached hydrogen (secondary N) is 1. The van der Waals surface area contributed by atoms with Gasteiger partial charge in [0, 0.05) is 5.69 Å². The molecule has 88 valence electrons. The van der Waals surface area contributed by atoms with Gasteiger partial charge in [0.1, 0.15) is 0 Å². The topological polar surface area (TPSA) is 32.3 Å². The lowest BCUT2D eigenvalue weighted by Crippen LogP contribution is -2.27. The Morgan fingerprint density at radius 3 is 2.59 bits per heavy atom. The standard InChI is InChI=1S/C15H17NO/c17-15-7-3-6-14(15)16-13-9-8-11-4-1-2-5-12(11)10-13/h1-2,4-5,8-10,14-17H,3,6-7H2/t14-,15-/m0/s1. The second kappa shape index (κ2) is 4.38. The number of aliphatic hydroxyl groups is 1. The molecule has 2 heteroatoms. The van der Waals surface area contributed by atoms with Crippen LogP contribution in [0.25, 0.3) is 10.8 Å². The molecule has 0 aromatic heterocycles. The van der Waals surface area contributed by atoms with Gasteiger partial charge in [0.05, 0.1) is 12.1 Å². The maximum Gasteiger partial charge on any atom is 0.0741 e. The summed E-state index contributed by atoms with van der Waals surface area (Å²) in [6.45, 7) is 0. The Kier molecular flexibility index (Phi) is 2.73. The second-order valence-corrected chi connectivity index (χ2v) is 4.81. The Hall–Kier alpha value is -1.54. The van der Waals surface area contributed by atoms with E-state index < -0.39 is 0 Å². The molecular weight excluding hydrogens is 210 g/mol. The molecule has 0 bridgehead atoms. The molecule has 1 fully saturated rings. The van der Waals surface area contributed by atoms with Crippen molar-refractivity contribution in [2.24, 2.45) is 0 Å². The van der Waals surface area contributed by atoms with Gasteiger partial charge in [-0.05, 0) is 42.2 Å². The van der Waals surface area contributed by atoms with Crippen LogP contribution in [-0.2, 0) is 0 Å². The summed E-state index contributed by atoms with van der Waals surface area (Å²) in [6, 6.07) is 14.9. The van der Waals surface area contributed by atoms with Crippen molar-refractivity contribution in [3.8, 4) is 0 Å². The summed E-state index contributed by atoms with van der Waals surface area (Å²) >= 11 is 0. The molecule has 1 aliphatic carbocycles. The molecule has 2 aromatic carbocycles. The molecule has 0 heterocycles. The van der Waals surface area contributed by atoms with Gasteiger partial charge >= 0.3 is 0 Å². The Balaban J connectivity index is 1.85. The number of hydrogen-bond acceptors (Lipinski definition) is 2. The Bertz CT molecular complexity index is 523. The van der Waals surface area contributed by atoms with Gasteiger partial charge in [0.15, 0.2) is 0 Å². The van der Waals surface area contributed by atoms with E-state index in [0.29, 0.717) is 0 Å². The van der Waals surface area contributed by atoms with Crippen LogP contribution >= 0.6 is 0 Å². The molecule has 2 nitrogen and oxygen atoms in total. The van der Waals surface area contributed by atoms with Crippen molar-refractivity contribution in [3.63, 3.8) is 0 Å². The third kappa shape index (κ3) is 2.13. The zero-order chi connectivity index (χ0) is 11.7. The number of benzene rings is 2. The molecule has 3 rings (SSSR count). The van der Waals surface area contributed by atoms with Crippen molar-refractivity contribution in [2.45, 2.75) is 31.4 Å². The van der Waals surface area contributed by atoms with Crippen molar-refractivity contribution in [1.82, 2.24) is 0 Å². The Morgan fingerprint density at radius 1 is 1.00 bits per heavy atom. The molecule has 1 saturated carbocycles. The Morgan fingerprint density at radius 2 is 1.82 bits per heavy atom. The summed E-state index contributed by atoms with van der Waals surface area (Å²) in [5, 5.41) is 15.7. The summed E-state index contributed by atoms with van der Waals surface area (Å²) in [5.41, 5.74) is 1.11. The molecule has 0 unspecified atom stereocenters. The SMILES string of the molecule is O[C@H]1CCC[C@@H]1Nc1ccc2ccccc2c1. The molecule has 2 aromatic rings. The van der Waals surface area contributed by atoms with Crippen LogP contribution in [0.3, 0.4) is 0 Å². The summed E-state index contributed by atoms with van der Waals surface area (Å²) in [7, 11) is 0. The zero-order valence-electron chi connectivity index (χ0n) is 9.76. The lowest BCUT2D eigenvalue weighted by molar-refractivity contribution is 0.172. The van der Waals surface area contributed by atoms with Gasteiger partial charge in [-0.2, -0.15) is 0 Å². The maximum atomic E-state index is 9.80. The van der Waals surface area contributed by atoms with Crippen LogP contribution in [0.15, 0.2) is 42.5 Å². The minimum absolute atomic E-state index is 0.193. The highest BCUT2D eigenvalue weighted by atomic mass is 16.3. The predicted octanol–water partition coefficient (Wildman–Crippen LogP) is 3.17. The summed E-state index contributed by atoms with van der Waals surface area (Å²) < 4.78 is 0. The highest BCUT2D eigenvalue weighted by Gasteiger charge is 2.24. The van der Waals surface area contributed by atoms with Crippen LogP contribution in [-0.4, -0.2) is 17.3 Å². The highest BCUT2D eigenvalue weighted by Crippen LogP contribution is 2.25. The Labute approximate surface area is 101 Å². The van der Waals surface area contributed by atoms with E-state index in [2.05, 4.69) is 47.8 Å². The van der Waals surface area contributed by atoms with Crippen molar-refractivity contribution < 1.29 is 5.11 Å². The molecule has 1 aliphatic rings. The lowest BCUT2D eigenvalue weighted by atomic mass is 10.1. The molecule has 0 amide bonds. The summed E-state index contributed by atoms with van der Waals surface area (Å²) in [6.07, 6.45) is 2.91. The fourth-order valence-electron chi connectivity index (χ4n) is 2.60. The van der Waals surface area contributed by atoms with Crippen molar-refractivity contribution in [3.05, 3.63) is 42.5 Å². The van der Waals surface area contributed by atoms with E-state index in [-0.39, 0.29) is 12.1 Å². The molecule has 2 N–H and O–H groups in total. The first kappa shape index (κ1) is 10.6. The first-order chi connectivity index (χ1) is 8.33. The zero-order valence-corrected chi connectivity index (χ0v) is 9.76. The van der Waals surface area contributed by atoms with Crippen LogP contribution in [0.1, 0.15) is 19.3 Å². The summed E-state index contributed by atoms with van der Waals surface area (Å²) in [4.78, 5) is 0. The first-order valence-corrected chi connectivity index (χ1v) is 6.26. The van der Waals surface area contributed by atoms with Gasteiger partial charge in [0.25, 0.3) is 0 Å². The first-order valence-electron chi connectivity index (χ1n) is 6.26. The normalized spacial score (nSPS) is 24.1. The average molecular weight is 227 g/mol.